The van der Waals surface area contributed by atoms with Gasteiger partial charge in [-0.05, 0) is 80.8 Å². The third-order valence-electron chi connectivity index (χ3n) is 7.88. The fourth-order valence-corrected chi connectivity index (χ4v) is 8.55. The lowest BCUT2D eigenvalue weighted by Crippen LogP contribution is -2.51. The zero-order chi connectivity index (χ0) is 21.7. The lowest BCUT2D eigenvalue weighted by atomic mass is 9.49. The number of anilines is 2. The maximum atomic E-state index is 13.2. The molecule has 32 heavy (non-hydrogen) atoms. The fourth-order valence-electron chi connectivity index (χ4n) is 6.93. The van der Waals surface area contributed by atoms with Crippen LogP contribution >= 0.6 is 23.1 Å². The van der Waals surface area contributed by atoms with Crippen LogP contribution in [0.25, 0.3) is 0 Å². The number of aryl methyl sites for hydroxylation is 1. The molecular weight excluding hydrogens is 440 g/mol. The molecule has 168 valence electrons. The third-order valence-corrected chi connectivity index (χ3v) is 9.83. The maximum absolute atomic E-state index is 13.2. The number of rotatable bonds is 5. The third kappa shape index (κ3) is 3.75. The van der Waals surface area contributed by atoms with Gasteiger partial charge in [-0.1, -0.05) is 41.3 Å². The molecule has 0 unspecified atom stereocenters. The summed E-state index contributed by atoms with van der Waals surface area (Å²) in [4.78, 5) is 28.0. The fraction of sp³-hybridized carbons (Fsp3) is 0.583. The lowest BCUT2D eigenvalue weighted by molar-refractivity contribution is -0.140. The number of hydrogen-bond donors (Lipinski definition) is 1. The van der Waals surface area contributed by atoms with Gasteiger partial charge in [0.2, 0.25) is 16.9 Å². The van der Waals surface area contributed by atoms with E-state index in [2.05, 4.69) is 21.6 Å². The Kier molecular flexibility index (Phi) is 5.25. The SMILES string of the molecule is O=C(CSc1nnc(NC(=O)C23CC4CC(CC(C4)C2)C3)s1)N1CCCc2ccccc21. The number of carbonyl (C=O) groups excluding carboxylic acids is 2. The van der Waals surface area contributed by atoms with Gasteiger partial charge in [-0.3, -0.25) is 9.59 Å². The van der Waals surface area contributed by atoms with Crippen LogP contribution in [-0.2, 0) is 16.0 Å². The highest BCUT2D eigenvalue weighted by Crippen LogP contribution is 2.60. The van der Waals surface area contributed by atoms with E-state index in [0.717, 1.165) is 66.4 Å². The zero-order valence-corrected chi connectivity index (χ0v) is 19.7. The normalized spacial score (nSPS) is 30.2. The first-order chi connectivity index (χ1) is 15.6. The monoisotopic (exact) mass is 468 g/mol. The Morgan fingerprint density at radius 3 is 2.56 bits per heavy atom. The molecule has 7 rings (SSSR count). The van der Waals surface area contributed by atoms with E-state index in [9.17, 15) is 9.59 Å². The van der Waals surface area contributed by atoms with Gasteiger partial charge in [0.15, 0.2) is 4.34 Å². The van der Waals surface area contributed by atoms with Gasteiger partial charge >= 0.3 is 0 Å². The van der Waals surface area contributed by atoms with Crippen LogP contribution in [0.2, 0.25) is 0 Å². The molecule has 8 heteroatoms. The number of thioether (sulfide) groups is 1. The van der Waals surface area contributed by atoms with E-state index in [1.165, 1.54) is 47.9 Å². The first-order valence-electron chi connectivity index (χ1n) is 11.7. The molecule has 0 spiro atoms. The summed E-state index contributed by atoms with van der Waals surface area (Å²) in [5.74, 6) is 2.77. The van der Waals surface area contributed by atoms with Crippen LogP contribution < -0.4 is 10.2 Å². The molecule has 1 aromatic heterocycles. The van der Waals surface area contributed by atoms with Crippen molar-refractivity contribution in [2.24, 2.45) is 23.2 Å². The number of nitrogens with one attached hydrogen (secondary N) is 1. The second-order valence-corrected chi connectivity index (χ2v) is 12.3. The highest BCUT2D eigenvalue weighted by molar-refractivity contribution is 8.01. The Bertz CT molecular complexity index is 1020. The van der Waals surface area contributed by atoms with Crippen LogP contribution in [0.5, 0.6) is 0 Å². The molecule has 0 radical (unpaired) electrons. The Morgan fingerprint density at radius 1 is 1.09 bits per heavy atom. The summed E-state index contributed by atoms with van der Waals surface area (Å²) in [7, 11) is 0. The first kappa shape index (κ1) is 20.7. The van der Waals surface area contributed by atoms with Crippen LogP contribution in [0.4, 0.5) is 10.8 Å². The van der Waals surface area contributed by atoms with Crippen LogP contribution in [0.3, 0.4) is 0 Å². The molecular formula is C24H28N4O2S2. The summed E-state index contributed by atoms with van der Waals surface area (Å²) in [6, 6.07) is 8.15. The summed E-state index contributed by atoms with van der Waals surface area (Å²) in [5, 5.41) is 12.1. The number of amides is 2. The second-order valence-electron chi connectivity index (χ2n) is 10.1. The Hall–Kier alpha value is -1.93. The first-order valence-corrected chi connectivity index (χ1v) is 13.5. The topological polar surface area (TPSA) is 75.2 Å². The number of carbonyl (C=O) groups is 2. The minimum atomic E-state index is -0.189. The predicted molar refractivity (Wildman–Crippen MR) is 127 cm³/mol. The minimum absolute atomic E-state index is 0.0940. The highest BCUT2D eigenvalue weighted by atomic mass is 32.2. The van der Waals surface area contributed by atoms with Gasteiger partial charge in [0.25, 0.3) is 0 Å². The van der Waals surface area contributed by atoms with Gasteiger partial charge in [0, 0.05) is 12.2 Å². The molecule has 6 nitrogen and oxygen atoms in total. The summed E-state index contributed by atoms with van der Waals surface area (Å²) in [6.07, 6.45) is 9.10. The molecule has 4 saturated carbocycles. The van der Waals surface area contributed by atoms with Crippen LogP contribution in [-0.4, -0.2) is 34.3 Å². The molecule has 0 saturated heterocycles. The second kappa shape index (κ2) is 8.13. The molecule has 2 heterocycles. The number of fused-ring (bicyclic) bond motifs is 1. The van der Waals surface area contributed by atoms with E-state index in [-0.39, 0.29) is 17.2 Å². The standard InChI is InChI=1S/C24H28N4O2S2/c29-20(28-7-3-5-18-4-1-2-6-19(18)28)14-31-23-27-26-22(32-23)25-21(30)24-11-15-8-16(12-24)10-17(9-15)13-24/h1-2,4,6,15-17H,3,5,7-14H2,(H,25,26,30). The molecule has 2 amide bonds. The van der Waals surface area contributed by atoms with Crippen molar-refractivity contribution in [1.29, 1.82) is 0 Å². The molecule has 4 fully saturated rings. The molecule has 1 aromatic carbocycles. The van der Waals surface area contributed by atoms with Crippen LogP contribution in [0.1, 0.15) is 50.5 Å². The van der Waals surface area contributed by atoms with Crippen molar-refractivity contribution in [2.75, 3.05) is 22.5 Å². The summed E-state index contributed by atoms with van der Waals surface area (Å²) in [6.45, 7) is 0.763. The minimum Gasteiger partial charge on any atom is -0.311 e. The number of benzene rings is 1. The highest BCUT2D eigenvalue weighted by Gasteiger charge is 2.54. The molecule has 4 aliphatic carbocycles. The van der Waals surface area contributed by atoms with Crippen molar-refractivity contribution in [3.63, 3.8) is 0 Å². The van der Waals surface area contributed by atoms with Gasteiger partial charge in [0.1, 0.15) is 0 Å². The van der Waals surface area contributed by atoms with Crippen molar-refractivity contribution >= 4 is 45.7 Å². The molecule has 1 N–H and O–H groups in total. The molecule has 5 aliphatic rings. The van der Waals surface area contributed by atoms with Gasteiger partial charge in [-0.15, -0.1) is 10.2 Å². The zero-order valence-electron chi connectivity index (χ0n) is 18.1. The van der Waals surface area contributed by atoms with Crippen molar-refractivity contribution in [3.05, 3.63) is 29.8 Å². The average Bonchev–Trinajstić information content (AvgIpc) is 3.23. The largest absolute Gasteiger partial charge is 0.311 e. The van der Waals surface area contributed by atoms with Crippen LogP contribution in [0, 0.1) is 23.2 Å². The van der Waals surface area contributed by atoms with Gasteiger partial charge in [-0.2, -0.15) is 0 Å². The van der Waals surface area contributed by atoms with Crippen molar-refractivity contribution < 1.29 is 9.59 Å². The van der Waals surface area contributed by atoms with Gasteiger partial charge < -0.3 is 10.2 Å². The average molecular weight is 469 g/mol. The predicted octanol–water partition coefficient (Wildman–Crippen LogP) is 4.76. The Morgan fingerprint density at radius 2 is 1.81 bits per heavy atom. The van der Waals surface area contributed by atoms with Crippen molar-refractivity contribution in [2.45, 2.75) is 55.7 Å². The van der Waals surface area contributed by atoms with E-state index in [1.807, 2.05) is 23.1 Å². The maximum Gasteiger partial charge on any atom is 0.237 e. The van der Waals surface area contributed by atoms with E-state index in [1.54, 1.807) is 0 Å². The van der Waals surface area contributed by atoms with E-state index in [4.69, 9.17) is 0 Å². The Labute approximate surface area is 196 Å². The number of aromatic nitrogens is 2. The molecule has 4 bridgehead atoms. The summed E-state index contributed by atoms with van der Waals surface area (Å²) in [5.41, 5.74) is 2.08. The number of nitrogens with zero attached hydrogens (tertiary/aromatic N) is 3. The van der Waals surface area contributed by atoms with Gasteiger partial charge in [-0.25, -0.2) is 0 Å². The summed E-state index contributed by atoms with van der Waals surface area (Å²) < 4.78 is 0.726. The quantitative estimate of drug-likeness (QED) is 0.506. The van der Waals surface area contributed by atoms with Crippen molar-refractivity contribution in [1.82, 2.24) is 10.2 Å². The van der Waals surface area contributed by atoms with Crippen molar-refractivity contribution in [3.8, 4) is 0 Å². The smallest absolute Gasteiger partial charge is 0.237 e. The van der Waals surface area contributed by atoms with Gasteiger partial charge in [0.05, 0.1) is 11.2 Å². The van der Waals surface area contributed by atoms with E-state index in [0.29, 0.717) is 10.9 Å². The Balaban J connectivity index is 1.07. The number of hydrogen-bond acceptors (Lipinski definition) is 6. The molecule has 0 atom stereocenters. The van der Waals surface area contributed by atoms with Crippen LogP contribution in [0.15, 0.2) is 28.6 Å². The van der Waals surface area contributed by atoms with E-state index >= 15 is 0 Å². The molecule has 2 aromatic rings. The summed E-state index contributed by atoms with van der Waals surface area (Å²) >= 11 is 2.78. The lowest BCUT2D eigenvalue weighted by Gasteiger charge is -2.55. The number of para-hydroxylation sites is 1. The molecule has 1 aliphatic heterocycles. The van der Waals surface area contributed by atoms with E-state index < -0.39 is 0 Å².